The van der Waals surface area contributed by atoms with Crippen molar-refractivity contribution < 1.29 is 9.16 Å². The zero-order valence-electron chi connectivity index (χ0n) is 13.3. The highest BCUT2D eigenvalue weighted by Gasteiger charge is 2.29. The molecule has 2 atom stereocenters. The molecule has 0 aliphatic rings. The molecule has 0 amide bonds. The van der Waals surface area contributed by atoms with Crippen LogP contribution in [0.1, 0.15) is 38.4 Å². The molecule has 4 heteroatoms. The van der Waals surface area contributed by atoms with Gasteiger partial charge in [-0.2, -0.15) is 0 Å². The van der Waals surface area contributed by atoms with Crippen molar-refractivity contribution in [3.63, 3.8) is 0 Å². The SMILES string of the molecule is CCCC[Si](C)(C)O[C@@H](C)[C@@H](OC)c1ccccc1I. The second kappa shape index (κ2) is 8.51. The molecular weight excluding hydrogens is 379 g/mol. The van der Waals surface area contributed by atoms with Crippen molar-refractivity contribution >= 4 is 30.9 Å². The third kappa shape index (κ3) is 5.46. The highest BCUT2D eigenvalue weighted by Crippen LogP contribution is 2.29. The molecule has 0 aromatic heterocycles. The lowest BCUT2D eigenvalue weighted by atomic mass is 10.1. The van der Waals surface area contributed by atoms with Gasteiger partial charge in [-0.3, -0.25) is 0 Å². The van der Waals surface area contributed by atoms with Gasteiger partial charge in [-0.25, -0.2) is 0 Å². The largest absolute Gasteiger partial charge is 0.412 e. The lowest BCUT2D eigenvalue weighted by Gasteiger charge is -2.32. The maximum atomic E-state index is 6.41. The van der Waals surface area contributed by atoms with Crippen LogP contribution in [0.25, 0.3) is 0 Å². The Morgan fingerprint density at radius 3 is 2.45 bits per heavy atom. The van der Waals surface area contributed by atoms with Crippen molar-refractivity contribution in [1.82, 2.24) is 0 Å². The predicted molar refractivity (Wildman–Crippen MR) is 96.7 cm³/mol. The van der Waals surface area contributed by atoms with Crippen LogP contribution in [0.5, 0.6) is 0 Å². The van der Waals surface area contributed by atoms with Crippen molar-refractivity contribution in [2.24, 2.45) is 0 Å². The first-order valence-corrected chi connectivity index (χ1v) is 11.6. The van der Waals surface area contributed by atoms with Crippen LogP contribution in [0.3, 0.4) is 0 Å². The maximum Gasteiger partial charge on any atom is 0.187 e. The summed E-state index contributed by atoms with van der Waals surface area (Å²) in [6, 6.07) is 9.60. The summed E-state index contributed by atoms with van der Waals surface area (Å²) in [6.07, 6.45) is 2.59. The van der Waals surface area contributed by atoms with E-state index in [0.717, 1.165) is 0 Å². The molecule has 0 fully saturated rings. The van der Waals surface area contributed by atoms with Crippen LogP contribution < -0.4 is 0 Å². The van der Waals surface area contributed by atoms with E-state index < -0.39 is 8.32 Å². The Bertz CT molecular complexity index is 409. The molecule has 114 valence electrons. The minimum Gasteiger partial charge on any atom is -0.412 e. The Labute approximate surface area is 138 Å². The van der Waals surface area contributed by atoms with Gasteiger partial charge in [0.05, 0.1) is 6.10 Å². The second-order valence-corrected chi connectivity index (χ2v) is 11.3. The van der Waals surface area contributed by atoms with Gasteiger partial charge in [0, 0.05) is 10.7 Å². The molecule has 0 N–H and O–H groups in total. The minimum atomic E-state index is -1.60. The van der Waals surface area contributed by atoms with Crippen molar-refractivity contribution in [1.29, 1.82) is 0 Å². The van der Waals surface area contributed by atoms with Crippen LogP contribution in [0.2, 0.25) is 19.1 Å². The molecule has 0 bridgehead atoms. The normalized spacial score (nSPS) is 15.1. The Morgan fingerprint density at radius 2 is 1.90 bits per heavy atom. The van der Waals surface area contributed by atoms with Crippen molar-refractivity contribution in [2.75, 3.05) is 7.11 Å². The number of methoxy groups -OCH3 is 1. The molecule has 0 radical (unpaired) electrons. The van der Waals surface area contributed by atoms with E-state index in [1.54, 1.807) is 7.11 Å². The Morgan fingerprint density at radius 1 is 1.25 bits per heavy atom. The fourth-order valence-electron chi connectivity index (χ4n) is 2.50. The van der Waals surface area contributed by atoms with Crippen LogP contribution in [0.15, 0.2) is 24.3 Å². The van der Waals surface area contributed by atoms with E-state index in [-0.39, 0.29) is 12.2 Å². The molecule has 2 nitrogen and oxygen atoms in total. The highest BCUT2D eigenvalue weighted by atomic mass is 127. The molecule has 1 aromatic carbocycles. The minimum absolute atomic E-state index is 0.0106. The highest BCUT2D eigenvalue weighted by molar-refractivity contribution is 14.1. The number of ether oxygens (including phenoxy) is 1. The number of halogens is 1. The summed E-state index contributed by atoms with van der Waals surface area (Å²) in [7, 11) is 0.173. The molecule has 0 spiro atoms. The summed E-state index contributed by atoms with van der Waals surface area (Å²) in [4.78, 5) is 0. The van der Waals surface area contributed by atoms with Gasteiger partial charge < -0.3 is 9.16 Å². The number of benzene rings is 1. The number of hydrogen-bond acceptors (Lipinski definition) is 2. The molecule has 0 aliphatic carbocycles. The van der Waals surface area contributed by atoms with Crippen LogP contribution in [0, 0.1) is 3.57 Å². The summed E-state index contributed by atoms with van der Waals surface area (Å²) in [5.41, 5.74) is 1.23. The number of hydrogen-bond donors (Lipinski definition) is 0. The summed E-state index contributed by atoms with van der Waals surface area (Å²) in [5.74, 6) is 0. The average molecular weight is 406 g/mol. The topological polar surface area (TPSA) is 18.5 Å². The van der Waals surface area contributed by atoms with E-state index in [9.17, 15) is 0 Å². The van der Waals surface area contributed by atoms with Crippen molar-refractivity contribution in [3.05, 3.63) is 33.4 Å². The predicted octanol–water partition coefficient (Wildman–Crippen LogP) is 5.39. The third-order valence-corrected chi connectivity index (χ3v) is 7.08. The van der Waals surface area contributed by atoms with Gasteiger partial charge >= 0.3 is 0 Å². The first-order valence-electron chi connectivity index (χ1n) is 7.36. The Balaban J connectivity index is 2.78. The molecular formula is C16H27IO2Si. The van der Waals surface area contributed by atoms with Crippen LogP contribution in [-0.4, -0.2) is 21.5 Å². The smallest absolute Gasteiger partial charge is 0.187 e. The standard InChI is InChI=1S/C16H27IO2Si/c1-6-7-12-20(4,5)19-13(2)16(18-3)14-10-8-9-11-15(14)17/h8-11,13,16H,6-7,12H2,1-5H3/t13-,16+/m0/s1. The first-order chi connectivity index (χ1) is 9.41. The van der Waals surface area contributed by atoms with E-state index in [4.69, 9.17) is 9.16 Å². The summed E-state index contributed by atoms with van der Waals surface area (Å²) >= 11 is 2.37. The number of unbranched alkanes of at least 4 members (excludes halogenated alkanes) is 1. The third-order valence-electron chi connectivity index (χ3n) is 3.53. The Hall–Kier alpha value is 0.0869. The van der Waals surface area contributed by atoms with Crippen LogP contribution in [-0.2, 0) is 9.16 Å². The molecule has 0 unspecified atom stereocenters. The fourth-order valence-corrected chi connectivity index (χ4v) is 5.65. The first kappa shape index (κ1) is 18.1. The molecule has 0 aliphatic heterocycles. The van der Waals surface area contributed by atoms with Crippen molar-refractivity contribution in [2.45, 2.75) is 58.0 Å². The van der Waals surface area contributed by atoms with Gasteiger partial charge in [0.25, 0.3) is 0 Å². The van der Waals surface area contributed by atoms with Crippen molar-refractivity contribution in [3.8, 4) is 0 Å². The Kier molecular flexibility index (Phi) is 7.72. The van der Waals surface area contributed by atoms with E-state index in [2.05, 4.69) is 73.8 Å². The molecule has 1 aromatic rings. The van der Waals surface area contributed by atoms with Crippen LogP contribution in [0.4, 0.5) is 0 Å². The lowest BCUT2D eigenvalue weighted by molar-refractivity contribution is 0.00455. The second-order valence-electron chi connectivity index (χ2n) is 5.86. The van der Waals surface area contributed by atoms with E-state index in [0.29, 0.717) is 0 Å². The summed E-state index contributed by atoms with van der Waals surface area (Å²) in [6.45, 7) is 8.99. The zero-order chi connectivity index (χ0) is 15.2. The van der Waals surface area contributed by atoms with E-state index in [1.807, 2.05) is 0 Å². The molecule has 0 saturated heterocycles. The monoisotopic (exact) mass is 406 g/mol. The van der Waals surface area contributed by atoms with Gasteiger partial charge in [-0.1, -0.05) is 38.0 Å². The van der Waals surface area contributed by atoms with E-state index in [1.165, 1.54) is 28.0 Å². The lowest BCUT2D eigenvalue weighted by Crippen LogP contribution is -2.37. The average Bonchev–Trinajstić information content (AvgIpc) is 2.39. The number of rotatable bonds is 8. The molecule has 0 heterocycles. The van der Waals surface area contributed by atoms with Gasteiger partial charge in [-0.15, -0.1) is 0 Å². The zero-order valence-corrected chi connectivity index (χ0v) is 16.4. The molecule has 20 heavy (non-hydrogen) atoms. The molecule has 0 saturated carbocycles. The van der Waals surface area contributed by atoms with Gasteiger partial charge in [-0.05, 0) is 60.3 Å². The molecule has 1 rings (SSSR count). The maximum absolute atomic E-state index is 6.41. The van der Waals surface area contributed by atoms with Gasteiger partial charge in [0.15, 0.2) is 8.32 Å². The fraction of sp³-hybridized carbons (Fsp3) is 0.625. The van der Waals surface area contributed by atoms with Gasteiger partial charge in [0.2, 0.25) is 0 Å². The van der Waals surface area contributed by atoms with Crippen LogP contribution >= 0.6 is 22.6 Å². The summed E-state index contributed by atoms with van der Waals surface area (Å²) < 4.78 is 13.4. The van der Waals surface area contributed by atoms with Gasteiger partial charge in [0.1, 0.15) is 6.10 Å². The summed E-state index contributed by atoms with van der Waals surface area (Å²) in [5, 5.41) is 0. The quantitative estimate of drug-likeness (QED) is 0.426. The van der Waals surface area contributed by atoms with E-state index >= 15 is 0 Å².